The van der Waals surface area contributed by atoms with Crippen LogP contribution >= 0.6 is 34.3 Å². The number of hydrogen-bond acceptors (Lipinski definition) is 2. The first kappa shape index (κ1) is 8.77. The van der Waals surface area contributed by atoms with Gasteiger partial charge in [-0.2, -0.15) is 0 Å². The molecule has 1 nitrogen and oxygen atoms in total. The quantitative estimate of drug-likeness (QED) is 0.594. The summed E-state index contributed by atoms with van der Waals surface area (Å²) in [6.45, 7) is 0.902. The number of alkyl halides is 1. The zero-order valence-electron chi connectivity index (χ0n) is 7.37. The number of aryl methyl sites for hydroxylation is 1. The molecule has 0 bridgehead atoms. The van der Waals surface area contributed by atoms with Crippen LogP contribution < -0.4 is 0 Å². The smallest absolute Gasteiger partial charge is 0.104 e. The summed E-state index contributed by atoms with van der Waals surface area (Å²) >= 11 is 9.42. The molecule has 0 saturated heterocycles. The highest BCUT2D eigenvalue weighted by Gasteiger charge is 2.11. The van der Waals surface area contributed by atoms with Crippen LogP contribution in [0.4, 0.5) is 0 Å². The molecule has 72 valence electrons. The molecular formula is C10H8ClNS2. The minimum Gasteiger partial charge on any atom is -0.330 e. The normalized spacial score (nSPS) is 11.8. The molecule has 0 aliphatic heterocycles. The Morgan fingerprint density at radius 3 is 2.93 bits per heavy atom. The number of rotatable bonds is 2. The second-order valence-electron chi connectivity index (χ2n) is 3.12. The fourth-order valence-electron chi connectivity index (χ4n) is 1.82. The molecule has 4 heteroatoms. The summed E-state index contributed by atoms with van der Waals surface area (Å²) in [5.74, 6) is 0.673. The summed E-state index contributed by atoms with van der Waals surface area (Å²) in [6, 6.07) is 4.38. The fourth-order valence-corrected chi connectivity index (χ4v) is 3.92. The molecule has 0 aliphatic rings. The van der Waals surface area contributed by atoms with E-state index in [4.69, 9.17) is 11.6 Å². The molecule has 3 rings (SSSR count). The van der Waals surface area contributed by atoms with Crippen molar-refractivity contribution in [1.82, 2.24) is 4.57 Å². The number of thiophene rings is 2. The van der Waals surface area contributed by atoms with Crippen molar-refractivity contribution in [3.05, 3.63) is 22.9 Å². The van der Waals surface area contributed by atoms with Crippen LogP contribution in [0, 0.1) is 0 Å². The lowest BCUT2D eigenvalue weighted by Gasteiger charge is -2.00. The highest BCUT2D eigenvalue weighted by atomic mass is 35.5. The van der Waals surface area contributed by atoms with Crippen LogP contribution in [0.1, 0.15) is 0 Å². The Morgan fingerprint density at radius 2 is 2.07 bits per heavy atom. The number of nitrogens with zero attached hydrogens (tertiary/aromatic N) is 1. The van der Waals surface area contributed by atoms with Gasteiger partial charge in [-0.15, -0.1) is 34.3 Å². The largest absolute Gasteiger partial charge is 0.330 e. The first-order chi connectivity index (χ1) is 6.92. The van der Waals surface area contributed by atoms with Gasteiger partial charge in [-0.1, -0.05) is 0 Å². The lowest BCUT2D eigenvalue weighted by molar-refractivity contribution is 0.840. The third-order valence-corrected chi connectivity index (χ3v) is 4.42. The molecule has 0 radical (unpaired) electrons. The standard InChI is InChI=1S/C10H8ClNS2/c11-3-4-12-8-2-6-13-9(8)7-1-5-14-10(7)12/h1-2,5-6H,3-4H2. The van der Waals surface area contributed by atoms with E-state index in [2.05, 4.69) is 27.5 Å². The Morgan fingerprint density at radius 1 is 1.21 bits per heavy atom. The van der Waals surface area contributed by atoms with Gasteiger partial charge in [0.15, 0.2) is 0 Å². The first-order valence-electron chi connectivity index (χ1n) is 4.40. The molecule has 3 heterocycles. The molecule has 0 spiro atoms. The lowest BCUT2D eigenvalue weighted by atomic mass is 10.4. The van der Waals surface area contributed by atoms with E-state index in [1.807, 2.05) is 11.3 Å². The van der Waals surface area contributed by atoms with Gasteiger partial charge in [0.25, 0.3) is 0 Å². The highest BCUT2D eigenvalue weighted by Crippen LogP contribution is 2.35. The van der Waals surface area contributed by atoms with Crippen LogP contribution in [0.2, 0.25) is 0 Å². The SMILES string of the molecule is ClCCn1c2ccsc2c2ccsc21. The van der Waals surface area contributed by atoms with E-state index < -0.39 is 0 Å². The van der Waals surface area contributed by atoms with E-state index in [0.29, 0.717) is 5.88 Å². The summed E-state index contributed by atoms with van der Waals surface area (Å²) in [5.41, 5.74) is 1.33. The van der Waals surface area contributed by atoms with Crippen LogP contribution in [0.5, 0.6) is 0 Å². The van der Waals surface area contributed by atoms with Gasteiger partial charge in [0.05, 0.1) is 10.2 Å². The first-order valence-corrected chi connectivity index (χ1v) is 6.70. The van der Waals surface area contributed by atoms with E-state index in [1.165, 1.54) is 20.4 Å². The Bertz CT molecular complexity index is 527. The molecule has 0 saturated carbocycles. The number of aromatic nitrogens is 1. The van der Waals surface area contributed by atoms with E-state index in [9.17, 15) is 0 Å². The summed E-state index contributed by atoms with van der Waals surface area (Å²) in [5, 5.41) is 5.67. The van der Waals surface area contributed by atoms with Crippen molar-refractivity contribution in [1.29, 1.82) is 0 Å². The maximum absolute atomic E-state index is 5.81. The average molecular weight is 242 g/mol. The van der Waals surface area contributed by atoms with E-state index in [-0.39, 0.29) is 0 Å². The number of fused-ring (bicyclic) bond motifs is 3. The number of halogens is 1. The molecule has 14 heavy (non-hydrogen) atoms. The molecule has 0 amide bonds. The molecular weight excluding hydrogens is 234 g/mol. The van der Waals surface area contributed by atoms with Crippen molar-refractivity contribution >= 4 is 54.7 Å². The van der Waals surface area contributed by atoms with Crippen molar-refractivity contribution < 1.29 is 0 Å². The van der Waals surface area contributed by atoms with Gasteiger partial charge in [-0.3, -0.25) is 0 Å². The summed E-state index contributed by atoms with van der Waals surface area (Å²) in [4.78, 5) is 1.35. The van der Waals surface area contributed by atoms with Crippen molar-refractivity contribution in [2.45, 2.75) is 6.54 Å². The average Bonchev–Trinajstić information content (AvgIpc) is 2.83. The molecule has 0 atom stereocenters. The molecule has 3 aromatic rings. The third-order valence-electron chi connectivity index (χ3n) is 2.38. The molecule has 0 fully saturated rings. The van der Waals surface area contributed by atoms with E-state index in [1.54, 1.807) is 11.3 Å². The van der Waals surface area contributed by atoms with Gasteiger partial charge in [-0.25, -0.2) is 0 Å². The summed E-state index contributed by atoms with van der Waals surface area (Å²) in [7, 11) is 0. The fraction of sp³-hybridized carbons (Fsp3) is 0.200. The van der Waals surface area contributed by atoms with Crippen LogP contribution in [0.25, 0.3) is 20.4 Å². The predicted octanol–water partition coefficient (Wildman–Crippen LogP) is 4.16. The second-order valence-corrected chi connectivity index (χ2v) is 5.30. The highest BCUT2D eigenvalue weighted by molar-refractivity contribution is 7.21. The molecule has 0 N–H and O–H groups in total. The Hall–Kier alpha value is -0.510. The van der Waals surface area contributed by atoms with Gasteiger partial charge in [0.1, 0.15) is 4.83 Å². The van der Waals surface area contributed by atoms with E-state index >= 15 is 0 Å². The van der Waals surface area contributed by atoms with Crippen LogP contribution in [-0.4, -0.2) is 10.4 Å². The summed E-state index contributed by atoms with van der Waals surface area (Å²) in [6.07, 6.45) is 0. The summed E-state index contributed by atoms with van der Waals surface area (Å²) < 4.78 is 3.71. The Kier molecular flexibility index (Phi) is 2.04. The molecule has 0 aromatic carbocycles. The Labute approximate surface area is 94.5 Å². The van der Waals surface area contributed by atoms with Crippen LogP contribution in [0.3, 0.4) is 0 Å². The van der Waals surface area contributed by atoms with Gasteiger partial charge in [0, 0.05) is 17.8 Å². The Balaban J connectivity index is 2.45. The third kappa shape index (κ3) is 1.06. The second kappa shape index (κ2) is 3.26. The monoisotopic (exact) mass is 241 g/mol. The maximum Gasteiger partial charge on any atom is 0.104 e. The predicted molar refractivity (Wildman–Crippen MR) is 65.9 cm³/mol. The van der Waals surface area contributed by atoms with Crippen molar-refractivity contribution in [3.8, 4) is 0 Å². The zero-order chi connectivity index (χ0) is 9.54. The minimum absolute atomic E-state index is 0.673. The van der Waals surface area contributed by atoms with Crippen molar-refractivity contribution in [3.63, 3.8) is 0 Å². The van der Waals surface area contributed by atoms with Crippen molar-refractivity contribution in [2.24, 2.45) is 0 Å². The van der Waals surface area contributed by atoms with Gasteiger partial charge in [0.2, 0.25) is 0 Å². The van der Waals surface area contributed by atoms with Crippen LogP contribution in [0.15, 0.2) is 22.9 Å². The van der Waals surface area contributed by atoms with E-state index in [0.717, 1.165) is 6.54 Å². The molecule has 3 aromatic heterocycles. The molecule has 0 aliphatic carbocycles. The van der Waals surface area contributed by atoms with Crippen molar-refractivity contribution in [2.75, 3.05) is 5.88 Å². The van der Waals surface area contributed by atoms with Crippen LogP contribution in [-0.2, 0) is 6.54 Å². The zero-order valence-corrected chi connectivity index (χ0v) is 9.75. The van der Waals surface area contributed by atoms with Gasteiger partial charge >= 0.3 is 0 Å². The topological polar surface area (TPSA) is 4.93 Å². The number of hydrogen-bond donors (Lipinski definition) is 0. The molecule has 0 unspecified atom stereocenters. The van der Waals surface area contributed by atoms with Gasteiger partial charge < -0.3 is 4.57 Å². The minimum atomic E-state index is 0.673. The maximum atomic E-state index is 5.81. The van der Waals surface area contributed by atoms with Gasteiger partial charge in [-0.05, 0) is 22.9 Å². The lowest BCUT2D eigenvalue weighted by Crippen LogP contribution is -1.96.